The Balaban J connectivity index is 2.29. The third-order valence-corrected chi connectivity index (χ3v) is 3.58. The maximum atomic E-state index is 3.59. The molecule has 1 N–H and O–H groups in total. The predicted molar refractivity (Wildman–Crippen MR) is 69.6 cm³/mol. The van der Waals surface area contributed by atoms with Gasteiger partial charge in [-0.05, 0) is 30.8 Å². The van der Waals surface area contributed by atoms with E-state index < -0.39 is 0 Å². The van der Waals surface area contributed by atoms with Crippen molar-refractivity contribution >= 4 is 11.3 Å². The van der Waals surface area contributed by atoms with Crippen LogP contribution in [0.1, 0.15) is 44.4 Å². The van der Waals surface area contributed by atoms with Gasteiger partial charge in [0.1, 0.15) is 0 Å². The monoisotopic (exact) mass is 225 g/mol. The van der Waals surface area contributed by atoms with E-state index in [2.05, 4.69) is 36.7 Å². The molecule has 15 heavy (non-hydrogen) atoms. The molecule has 1 heterocycles. The van der Waals surface area contributed by atoms with Crippen LogP contribution in [0.2, 0.25) is 0 Å². The van der Waals surface area contributed by atoms with E-state index in [1.165, 1.54) is 37.0 Å². The summed E-state index contributed by atoms with van der Waals surface area (Å²) in [4.78, 5) is 1.51. The van der Waals surface area contributed by atoms with Crippen molar-refractivity contribution in [3.8, 4) is 0 Å². The Morgan fingerprint density at radius 3 is 2.80 bits per heavy atom. The topological polar surface area (TPSA) is 12.0 Å². The number of unbranched alkanes of at least 4 members (excludes halogenated alkanes) is 2. The molecule has 0 fully saturated rings. The van der Waals surface area contributed by atoms with Crippen molar-refractivity contribution in [3.63, 3.8) is 0 Å². The highest BCUT2D eigenvalue weighted by molar-refractivity contribution is 7.09. The van der Waals surface area contributed by atoms with Gasteiger partial charge in [0.25, 0.3) is 0 Å². The summed E-state index contributed by atoms with van der Waals surface area (Å²) in [5, 5.41) is 5.76. The van der Waals surface area contributed by atoms with Crippen LogP contribution in [0.3, 0.4) is 0 Å². The molecule has 1 unspecified atom stereocenters. The maximum Gasteiger partial charge on any atom is 0.0115 e. The Morgan fingerprint density at radius 2 is 2.20 bits per heavy atom. The molecule has 0 aromatic carbocycles. The minimum Gasteiger partial charge on any atom is -0.314 e. The highest BCUT2D eigenvalue weighted by Gasteiger charge is 2.08. The molecule has 0 saturated heterocycles. The summed E-state index contributed by atoms with van der Waals surface area (Å²) in [7, 11) is 0. The molecule has 0 aliphatic rings. The maximum absolute atomic E-state index is 3.59. The van der Waals surface area contributed by atoms with Crippen LogP contribution in [0.15, 0.2) is 17.5 Å². The Hall–Kier alpha value is -0.340. The van der Waals surface area contributed by atoms with Crippen LogP contribution in [0.25, 0.3) is 0 Å². The zero-order valence-corrected chi connectivity index (χ0v) is 10.8. The van der Waals surface area contributed by atoms with Gasteiger partial charge in [-0.15, -0.1) is 11.3 Å². The number of hydrogen-bond donors (Lipinski definition) is 1. The van der Waals surface area contributed by atoms with Crippen molar-refractivity contribution in [3.05, 3.63) is 22.4 Å². The SMILES string of the molecule is CCCCCC(Cc1cccs1)NCC. The highest BCUT2D eigenvalue weighted by Crippen LogP contribution is 2.14. The van der Waals surface area contributed by atoms with Crippen molar-refractivity contribution < 1.29 is 0 Å². The molecular formula is C13H23NS. The second kappa shape index (κ2) is 7.89. The van der Waals surface area contributed by atoms with E-state index >= 15 is 0 Å². The molecule has 0 radical (unpaired) electrons. The predicted octanol–water partition coefficient (Wildman–Crippen LogP) is 3.85. The summed E-state index contributed by atoms with van der Waals surface area (Å²) in [6, 6.07) is 5.07. The van der Waals surface area contributed by atoms with Crippen LogP contribution in [-0.2, 0) is 6.42 Å². The molecule has 1 aromatic rings. The molecule has 0 aliphatic heterocycles. The lowest BCUT2D eigenvalue weighted by Gasteiger charge is -2.16. The summed E-state index contributed by atoms with van der Waals surface area (Å²) < 4.78 is 0. The number of nitrogens with one attached hydrogen (secondary N) is 1. The van der Waals surface area contributed by atoms with Crippen LogP contribution in [0.5, 0.6) is 0 Å². The summed E-state index contributed by atoms with van der Waals surface area (Å²) in [6.45, 7) is 5.55. The fourth-order valence-corrected chi connectivity index (χ4v) is 2.66. The largest absolute Gasteiger partial charge is 0.314 e. The van der Waals surface area contributed by atoms with Gasteiger partial charge in [0.2, 0.25) is 0 Å². The van der Waals surface area contributed by atoms with Gasteiger partial charge in [0.05, 0.1) is 0 Å². The number of rotatable bonds is 8. The van der Waals surface area contributed by atoms with Crippen molar-refractivity contribution in [2.24, 2.45) is 0 Å². The van der Waals surface area contributed by atoms with Crippen LogP contribution >= 0.6 is 11.3 Å². The van der Waals surface area contributed by atoms with Crippen LogP contribution in [0.4, 0.5) is 0 Å². The number of likely N-dealkylation sites (N-methyl/N-ethyl adjacent to an activating group) is 1. The highest BCUT2D eigenvalue weighted by atomic mass is 32.1. The quantitative estimate of drug-likeness (QED) is 0.663. The molecule has 0 spiro atoms. The summed E-state index contributed by atoms with van der Waals surface area (Å²) in [5.41, 5.74) is 0. The van der Waals surface area contributed by atoms with Crippen molar-refractivity contribution in [1.82, 2.24) is 5.32 Å². The third-order valence-electron chi connectivity index (χ3n) is 2.68. The summed E-state index contributed by atoms with van der Waals surface area (Å²) in [6.07, 6.45) is 6.57. The Morgan fingerprint density at radius 1 is 1.33 bits per heavy atom. The molecule has 1 nitrogen and oxygen atoms in total. The lowest BCUT2D eigenvalue weighted by atomic mass is 10.0. The molecule has 1 rings (SSSR count). The van der Waals surface area contributed by atoms with Gasteiger partial charge < -0.3 is 5.32 Å². The average molecular weight is 225 g/mol. The molecule has 86 valence electrons. The van der Waals surface area contributed by atoms with Gasteiger partial charge in [0, 0.05) is 10.9 Å². The minimum atomic E-state index is 0.681. The van der Waals surface area contributed by atoms with Gasteiger partial charge in [-0.25, -0.2) is 0 Å². The van der Waals surface area contributed by atoms with E-state index in [1.807, 2.05) is 11.3 Å². The average Bonchev–Trinajstić information content (AvgIpc) is 2.71. The van der Waals surface area contributed by atoms with E-state index in [0.29, 0.717) is 6.04 Å². The zero-order valence-electron chi connectivity index (χ0n) is 9.96. The Bertz CT molecular complexity index is 231. The minimum absolute atomic E-state index is 0.681. The molecule has 0 aliphatic carbocycles. The fourth-order valence-electron chi connectivity index (χ4n) is 1.88. The molecule has 0 bridgehead atoms. The third kappa shape index (κ3) is 5.33. The molecule has 1 atom stereocenters. The summed E-state index contributed by atoms with van der Waals surface area (Å²) in [5.74, 6) is 0. The molecule has 1 aromatic heterocycles. The van der Waals surface area contributed by atoms with E-state index in [0.717, 1.165) is 6.54 Å². The smallest absolute Gasteiger partial charge is 0.0115 e. The van der Waals surface area contributed by atoms with E-state index in [-0.39, 0.29) is 0 Å². The van der Waals surface area contributed by atoms with E-state index in [4.69, 9.17) is 0 Å². The van der Waals surface area contributed by atoms with Gasteiger partial charge in [-0.3, -0.25) is 0 Å². The first-order valence-corrected chi connectivity index (χ1v) is 7.00. The normalized spacial score (nSPS) is 12.9. The van der Waals surface area contributed by atoms with Gasteiger partial charge in [-0.1, -0.05) is 39.2 Å². The van der Waals surface area contributed by atoms with Crippen LogP contribution in [-0.4, -0.2) is 12.6 Å². The lowest BCUT2D eigenvalue weighted by molar-refractivity contribution is 0.469. The fraction of sp³-hybridized carbons (Fsp3) is 0.692. The first-order valence-electron chi connectivity index (χ1n) is 6.12. The summed E-state index contributed by atoms with van der Waals surface area (Å²) >= 11 is 1.88. The zero-order chi connectivity index (χ0) is 10.9. The van der Waals surface area contributed by atoms with Gasteiger partial charge in [-0.2, -0.15) is 0 Å². The van der Waals surface area contributed by atoms with Crippen molar-refractivity contribution in [1.29, 1.82) is 0 Å². The van der Waals surface area contributed by atoms with Gasteiger partial charge >= 0.3 is 0 Å². The van der Waals surface area contributed by atoms with Crippen molar-refractivity contribution in [2.75, 3.05) is 6.54 Å². The molecule has 2 heteroatoms. The van der Waals surface area contributed by atoms with Crippen molar-refractivity contribution in [2.45, 2.75) is 52.0 Å². The first-order chi connectivity index (χ1) is 7.36. The molecule has 0 amide bonds. The second-order valence-corrected chi connectivity index (χ2v) is 5.07. The van der Waals surface area contributed by atoms with E-state index in [1.54, 1.807) is 0 Å². The standard InChI is InChI=1S/C13H23NS/c1-3-5-6-8-12(14-4-2)11-13-9-7-10-15-13/h7,9-10,12,14H,3-6,8,11H2,1-2H3. The molecular weight excluding hydrogens is 202 g/mol. The van der Waals surface area contributed by atoms with Crippen LogP contribution in [0, 0.1) is 0 Å². The van der Waals surface area contributed by atoms with Gasteiger partial charge in [0.15, 0.2) is 0 Å². The number of hydrogen-bond acceptors (Lipinski definition) is 2. The molecule has 0 saturated carbocycles. The lowest BCUT2D eigenvalue weighted by Crippen LogP contribution is -2.30. The Labute approximate surface area is 97.9 Å². The second-order valence-electron chi connectivity index (χ2n) is 4.03. The van der Waals surface area contributed by atoms with E-state index in [9.17, 15) is 0 Å². The Kier molecular flexibility index (Phi) is 6.69. The first kappa shape index (κ1) is 12.7. The number of thiophene rings is 1. The van der Waals surface area contributed by atoms with Crippen LogP contribution < -0.4 is 5.32 Å².